The quantitative estimate of drug-likeness (QED) is 0.143. The van der Waals surface area contributed by atoms with Gasteiger partial charge in [-0.15, -0.1) is 0 Å². The molecule has 0 aliphatic carbocycles. The Morgan fingerprint density at radius 2 is 1.17 bits per heavy atom. The number of anilines is 4. The summed E-state index contributed by atoms with van der Waals surface area (Å²) in [6, 6.07) is 71.7. The molecule has 398 valence electrons. The fraction of sp³-hybridized carbons (Fsp3) is 0.189. The average molecular weight is 1060 g/mol. The molecule has 0 atom stereocenters. The van der Waals surface area contributed by atoms with Crippen LogP contribution in [0.25, 0.3) is 82.9 Å². The molecule has 1 aliphatic heterocycles. The van der Waals surface area contributed by atoms with Crippen LogP contribution in [0.3, 0.4) is 0 Å². The van der Waals surface area contributed by atoms with Crippen LogP contribution in [0, 0.1) is 16.7 Å². The van der Waals surface area contributed by atoms with E-state index in [-0.39, 0.29) is 10.8 Å². The molecule has 7 nitrogen and oxygen atoms in total. The lowest BCUT2D eigenvalue weighted by Crippen LogP contribution is -2.25. The van der Waals surface area contributed by atoms with E-state index < -0.39 is 11.8 Å². The minimum absolute atomic E-state index is 0.0455. The second-order valence-electron chi connectivity index (χ2n) is 24.5. The predicted octanol–water partition coefficient (Wildman–Crippen LogP) is 20.2. The van der Waals surface area contributed by atoms with Gasteiger partial charge in [-0.2, -0.15) is 5.26 Å². The van der Waals surface area contributed by atoms with Crippen LogP contribution in [0.4, 0.5) is 22.7 Å². The van der Waals surface area contributed by atoms with Crippen LogP contribution in [0.2, 0.25) is 0 Å². The molecule has 13 rings (SSSR count). The Labute approximate surface area is 477 Å². The Morgan fingerprint density at radius 3 is 1.83 bits per heavy atom. The number of ether oxygens (including phenoxy) is 1. The lowest BCUT2D eigenvalue weighted by molar-refractivity contribution is 0.411. The summed E-state index contributed by atoms with van der Waals surface area (Å²) in [6.07, 6.45) is 0.0465. The Hall–Kier alpha value is -9.38. The van der Waals surface area contributed by atoms with Crippen molar-refractivity contribution in [2.75, 3.05) is 16.5 Å². The zero-order chi connectivity index (χ0) is 57.7. The number of hydrogen-bond donors (Lipinski definition) is 0. The van der Waals surface area contributed by atoms with Crippen LogP contribution < -0.4 is 14.5 Å². The highest BCUT2D eigenvalue weighted by molar-refractivity contribution is 6.24. The molecule has 7 heteroatoms. The first-order valence-electron chi connectivity index (χ1n) is 28.9. The molecule has 0 amide bonds. The third-order valence-electron chi connectivity index (χ3n) is 15.7. The first kappa shape index (κ1) is 48.7. The maximum Gasteiger partial charge on any atom is 0.145 e. The van der Waals surface area contributed by atoms with Gasteiger partial charge in [0.15, 0.2) is 0 Å². The SMILES string of the molecule is [2H]C([2H])(c1cc(-n2c3cc(Oc4cccc(N5CN(c6c(-c7ccccc7)cc(C(C)(C)C)cc6-c6ccccc6)c6ccccc65)c4)ccc3c3c4oc5cccc(C#N)c5c4ccc32)ncc1-c1ccc(C(C)(C)C)cc1)C(C)(C)C. The van der Waals surface area contributed by atoms with E-state index in [2.05, 4.69) is 214 Å². The maximum absolute atomic E-state index is 10.3. The van der Waals surface area contributed by atoms with E-state index in [0.717, 1.165) is 77.6 Å². The highest BCUT2D eigenvalue weighted by atomic mass is 16.5. The van der Waals surface area contributed by atoms with Gasteiger partial charge in [0, 0.05) is 59.6 Å². The fourth-order valence-corrected chi connectivity index (χ4v) is 11.7. The van der Waals surface area contributed by atoms with Crippen molar-refractivity contribution in [2.24, 2.45) is 5.41 Å². The first-order chi connectivity index (χ1) is 39.8. The van der Waals surface area contributed by atoms with Crippen LogP contribution in [-0.4, -0.2) is 16.2 Å². The fourth-order valence-electron chi connectivity index (χ4n) is 11.7. The van der Waals surface area contributed by atoms with Gasteiger partial charge >= 0.3 is 0 Å². The summed E-state index contributed by atoms with van der Waals surface area (Å²) in [5.41, 5.74) is 16.1. The van der Waals surface area contributed by atoms with E-state index in [1.165, 1.54) is 22.3 Å². The monoisotopic (exact) mass is 1060 g/mol. The minimum Gasteiger partial charge on any atom is -0.457 e. The number of hydrogen-bond acceptors (Lipinski definition) is 6. The molecule has 9 aromatic carbocycles. The molecule has 0 spiro atoms. The summed E-state index contributed by atoms with van der Waals surface area (Å²) in [5.74, 6) is 1.82. The lowest BCUT2D eigenvalue weighted by Gasteiger charge is -2.30. The Bertz CT molecular complexity index is 4490. The predicted molar refractivity (Wildman–Crippen MR) is 336 cm³/mol. The molecule has 12 aromatic rings. The molecule has 0 bridgehead atoms. The van der Waals surface area contributed by atoms with Crippen LogP contribution in [0.5, 0.6) is 11.5 Å². The number of rotatable bonds is 9. The molecule has 4 heterocycles. The molecule has 0 N–H and O–H groups in total. The van der Waals surface area contributed by atoms with E-state index in [4.69, 9.17) is 14.1 Å². The molecule has 0 unspecified atom stereocenters. The van der Waals surface area contributed by atoms with Crippen LogP contribution in [0.1, 0.15) is 87.3 Å². The van der Waals surface area contributed by atoms with Gasteiger partial charge in [0.2, 0.25) is 0 Å². The molecule has 3 aromatic heterocycles. The zero-order valence-electron chi connectivity index (χ0n) is 49.4. The summed E-state index contributed by atoms with van der Waals surface area (Å²) in [7, 11) is 0. The van der Waals surface area contributed by atoms with Gasteiger partial charge in [0.05, 0.1) is 45.1 Å². The van der Waals surface area contributed by atoms with Gasteiger partial charge in [-0.25, -0.2) is 4.98 Å². The van der Waals surface area contributed by atoms with Gasteiger partial charge in [0.1, 0.15) is 35.2 Å². The van der Waals surface area contributed by atoms with Crippen molar-refractivity contribution in [1.29, 1.82) is 5.26 Å². The molecule has 0 fully saturated rings. The summed E-state index contributed by atoms with van der Waals surface area (Å²) >= 11 is 0. The molecule has 81 heavy (non-hydrogen) atoms. The van der Waals surface area contributed by atoms with Crippen LogP contribution >= 0.6 is 0 Å². The maximum atomic E-state index is 10.3. The number of para-hydroxylation sites is 2. The van der Waals surface area contributed by atoms with Crippen molar-refractivity contribution in [3.8, 4) is 56.8 Å². The number of nitrogens with zero attached hydrogens (tertiary/aromatic N) is 5. The van der Waals surface area contributed by atoms with E-state index >= 15 is 0 Å². The van der Waals surface area contributed by atoms with Crippen molar-refractivity contribution in [3.63, 3.8) is 0 Å². The highest BCUT2D eigenvalue weighted by Crippen LogP contribution is 2.52. The zero-order valence-corrected chi connectivity index (χ0v) is 47.4. The van der Waals surface area contributed by atoms with Gasteiger partial charge in [-0.3, -0.25) is 4.57 Å². The summed E-state index contributed by atoms with van der Waals surface area (Å²) in [4.78, 5) is 10.1. The molecule has 1 aliphatic rings. The molecular weight excluding hydrogens is 991 g/mol. The van der Waals surface area contributed by atoms with Gasteiger partial charge < -0.3 is 19.0 Å². The second kappa shape index (κ2) is 19.5. The number of benzene rings is 9. The summed E-state index contributed by atoms with van der Waals surface area (Å²) in [6.45, 7) is 19.8. The molecular formula is C74H65N5O2. The Morgan fingerprint density at radius 1 is 0.556 bits per heavy atom. The summed E-state index contributed by atoms with van der Waals surface area (Å²) < 4.78 is 35.5. The number of pyridine rings is 1. The largest absolute Gasteiger partial charge is 0.457 e. The van der Waals surface area contributed by atoms with E-state index in [1.807, 2.05) is 75.5 Å². The molecule has 0 saturated heterocycles. The van der Waals surface area contributed by atoms with Crippen molar-refractivity contribution in [2.45, 2.75) is 79.5 Å². The number of nitriles is 1. The van der Waals surface area contributed by atoms with E-state index in [0.29, 0.717) is 46.3 Å². The Kier molecular flexibility index (Phi) is 11.7. The third kappa shape index (κ3) is 9.25. The Balaban J connectivity index is 0.943. The third-order valence-corrected chi connectivity index (χ3v) is 15.7. The lowest BCUT2D eigenvalue weighted by atomic mass is 9.82. The van der Waals surface area contributed by atoms with Crippen molar-refractivity contribution < 1.29 is 11.9 Å². The normalized spacial score (nSPS) is 13.5. The number of furan rings is 1. The number of aromatic nitrogens is 2. The van der Waals surface area contributed by atoms with Crippen molar-refractivity contribution in [1.82, 2.24) is 9.55 Å². The van der Waals surface area contributed by atoms with E-state index in [1.54, 1.807) is 0 Å². The van der Waals surface area contributed by atoms with Gasteiger partial charge in [-0.1, -0.05) is 172 Å². The smallest absolute Gasteiger partial charge is 0.145 e. The average Bonchev–Trinajstić information content (AvgIpc) is 2.37. The standard InChI is InChI=1S/C74H65N5O2/c1-72(2,3)43-51-38-67(76-45-61(51)49-30-32-52(33-31-49)73(4,5)6)79-64-37-36-58-68-50(44-75)24-18-29-66(68)81-71(58)69(64)57-35-34-56(42-65(57)79)80-55-26-19-25-54(41-55)77-46-78(63-28-17-16-27-62(63)77)70-59(47-20-12-10-13-21-47)39-53(74(7,8)9)40-60(70)48-22-14-11-15-23-48/h10-42,45H,43,46H2,1-9H3/i43D2. The van der Waals surface area contributed by atoms with Crippen molar-refractivity contribution >= 4 is 66.5 Å². The van der Waals surface area contributed by atoms with Gasteiger partial charge in [-0.05, 0) is 135 Å². The minimum atomic E-state index is -1.78. The second-order valence-corrected chi connectivity index (χ2v) is 24.5. The number of fused-ring (bicyclic) bond motifs is 8. The highest BCUT2D eigenvalue weighted by Gasteiger charge is 2.33. The topological polar surface area (TPSA) is 70.5 Å². The van der Waals surface area contributed by atoms with E-state index in [9.17, 15) is 8.00 Å². The first-order valence-corrected chi connectivity index (χ1v) is 27.9. The van der Waals surface area contributed by atoms with Gasteiger partial charge in [0.25, 0.3) is 0 Å². The van der Waals surface area contributed by atoms with Crippen LogP contribution in [0.15, 0.2) is 211 Å². The molecule has 0 saturated carbocycles. The van der Waals surface area contributed by atoms with Crippen molar-refractivity contribution in [3.05, 3.63) is 229 Å². The van der Waals surface area contributed by atoms with Crippen LogP contribution in [-0.2, 0) is 17.2 Å². The molecule has 0 radical (unpaired) electrons. The summed E-state index contributed by atoms with van der Waals surface area (Å²) in [5, 5.41) is 13.6.